The standard InChI is InChI=1S/C8H7BrClN/c9-6-1-2-7-5(8(6)10)3-4-11-7/h1-2,11H,3-4H2. The third-order valence-corrected chi connectivity index (χ3v) is 3.21. The van der Waals surface area contributed by atoms with Crippen LogP contribution in [0.4, 0.5) is 5.69 Å². The average Bonchev–Trinajstić information content (AvgIpc) is 2.45. The van der Waals surface area contributed by atoms with Crippen molar-refractivity contribution in [3.63, 3.8) is 0 Å². The van der Waals surface area contributed by atoms with Crippen LogP contribution >= 0.6 is 27.5 Å². The molecule has 1 nitrogen and oxygen atoms in total. The quantitative estimate of drug-likeness (QED) is 0.725. The first kappa shape index (κ1) is 7.44. The molecule has 0 unspecified atom stereocenters. The van der Waals surface area contributed by atoms with Crippen molar-refractivity contribution >= 4 is 33.2 Å². The Hall–Kier alpha value is -0.210. The second kappa shape index (κ2) is 2.68. The second-order valence-corrected chi connectivity index (χ2v) is 3.80. The minimum Gasteiger partial charge on any atom is -0.384 e. The van der Waals surface area contributed by atoms with Crippen molar-refractivity contribution in [3.8, 4) is 0 Å². The predicted octanol–water partition coefficient (Wildman–Crippen LogP) is 3.07. The van der Waals surface area contributed by atoms with Crippen molar-refractivity contribution in [1.82, 2.24) is 0 Å². The minimum atomic E-state index is 0.854. The number of nitrogens with one attached hydrogen (secondary N) is 1. The van der Waals surface area contributed by atoms with Gasteiger partial charge in [-0.15, -0.1) is 0 Å². The molecule has 1 aromatic carbocycles. The Kier molecular flexibility index (Phi) is 1.81. The summed E-state index contributed by atoms with van der Waals surface area (Å²) in [6.45, 7) is 1.01. The number of anilines is 1. The zero-order chi connectivity index (χ0) is 7.84. The summed E-state index contributed by atoms with van der Waals surface area (Å²) in [7, 11) is 0. The van der Waals surface area contributed by atoms with Crippen LogP contribution in [0.3, 0.4) is 0 Å². The maximum absolute atomic E-state index is 6.05. The van der Waals surface area contributed by atoms with Gasteiger partial charge in [-0.25, -0.2) is 0 Å². The Morgan fingerprint density at radius 2 is 2.27 bits per heavy atom. The van der Waals surface area contributed by atoms with Crippen LogP contribution in [0.2, 0.25) is 5.02 Å². The molecule has 2 rings (SSSR count). The summed E-state index contributed by atoms with van der Waals surface area (Å²) in [6.07, 6.45) is 1.04. The van der Waals surface area contributed by atoms with Crippen LogP contribution in [0.25, 0.3) is 0 Å². The predicted molar refractivity (Wildman–Crippen MR) is 51.3 cm³/mol. The molecule has 0 spiro atoms. The first-order chi connectivity index (χ1) is 5.29. The van der Waals surface area contributed by atoms with Gasteiger partial charge in [-0.1, -0.05) is 11.6 Å². The van der Waals surface area contributed by atoms with Gasteiger partial charge in [0.25, 0.3) is 0 Å². The van der Waals surface area contributed by atoms with Gasteiger partial charge < -0.3 is 5.32 Å². The molecule has 0 radical (unpaired) electrons. The van der Waals surface area contributed by atoms with Gasteiger partial charge in [0.1, 0.15) is 0 Å². The Labute approximate surface area is 78.9 Å². The molecular weight excluding hydrogens is 225 g/mol. The summed E-state index contributed by atoms with van der Waals surface area (Å²) in [5, 5.41) is 4.12. The highest BCUT2D eigenvalue weighted by Crippen LogP contribution is 2.34. The molecule has 0 atom stereocenters. The molecule has 58 valence electrons. The molecule has 0 fully saturated rings. The van der Waals surface area contributed by atoms with Gasteiger partial charge in [-0.2, -0.15) is 0 Å². The van der Waals surface area contributed by atoms with E-state index < -0.39 is 0 Å². The van der Waals surface area contributed by atoms with Crippen molar-refractivity contribution in [1.29, 1.82) is 0 Å². The van der Waals surface area contributed by atoms with Crippen LogP contribution in [-0.4, -0.2) is 6.54 Å². The summed E-state index contributed by atoms with van der Waals surface area (Å²) in [5.41, 5.74) is 2.42. The van der Waals surface area contributed by atoms with Crippen molar-refractivity contribution in [2.75, 3.05) is 11.9 Å². The highest BCUT2D eigenvalue weighted by molar-refractivity contribution is 9.10. The summed E-state index contributed by atoms with van der Waals surface area (Å²) in [4.78, 5) is 0. The molecular formula is C8H7BrClN. The van der Waals surface area contributed by atoms with E-state index in [0.29, 0.717) is 0 Å². The molecule has 1 aliphatic heterocycles. The topological polar surface area (TPSA) is 12.0 Å². The molecule has 1 aromatic rings. The van der Waals surface area contributed by atoms with E-state index >= 15 is 0 Å². The summed E-state index contributed by atoms with van der Waals surface area (Å²) >= 11 is 9.44. The number of hydrogen-bond acceptors (Lipinski definition) is 1. The van der Waals surface area contributed by atoms with Gasteiger partial charge in [-0.3, -0.25) is 0 Å². The molecule has 11 heavy (non-hydrogen) atoms. The molecule has 0 aromatic heterocycles. The van der Waals surface area contributed by atoms with Crippen LogP contribution in [-0.2, 0) is 6.42 Å². The molecule has 1 heterocycles. The first-order valence-corrected chi connectivity index (χ1v) is 4.67. The van der Waals surface area contributed by atoms with E-state index in [0.717, 1.165) is 22.5 Å². The van der Waals surface area contributed by atoms with Crippen LogP contribution in [0.1, 0.15) is 5.56 Å². The van der Waals surface area contributed by atoms with Crippen molar-refractivity contribution < 1.29 is 0 Å². The third kappa shape index (κ3) is 1.14. The third-order valence-electron chi connectivity index (χ3n) is 1.89. The lowest BCUT2D eigenvalue weighted by molar-refractivity contribution is 1.10. The monoisotopic (exact) mass is 231 g/mol. The molecule has 1 N–H and O–H groups in total. The number of fused-ring (bicyclic) bond motifs is 1. The maximum Gasteiger partial charge on any atom is 0.0601 e. The van der Waals surface area contributed by atoms with E-state index in [1.165, 1.54) is 11.3 Å². The van der Waals surface area contributed by atoms with Crippen LogP contribution < -0.4 is 5.32 Å². The van der Waals surface area contributed by atoms with Gasteiger partial charge in [0.15, 0.2) is 0 Å². The molecule has 1 aliphatic rings. The van der Waals surface area contributed by atoms with Crippen LogP contribution in [0.15, 0.2) is 16.6 Å². The zero-order valence-electron chi connectivity index (χ0n) is 5.82. The van der Waals surface area contributed by atoms with Crippen molar-refractivity contribution in [2.45, 2.75) is 6.42 Å². The summed E-state index contributed by atoms with van der Waals surface area (Å²) in [6, 6.07) is 4.03. The Bertz CT molecular complexity index is 298. The van der Waals surface area contributed by atoms with E-state index in [1.54, 1.807) is 0 Å². The maximum atomic E-state index is 6.05. The summed E-state index contributed by atoms with van der Waals surface area (Å²) in [5.74, 6) is 0. The van der Waals surface area contributed by atoms with Gasteiger partial charge in [0.2, 0.25) is 0 Å². The minimum absolute atomic E-state index is 0.854. The number of hydrogen-bond donors (Lipinski definition) is 1. The van der Waals surface area contributed by atoms with Gasteiger partial charge in [0, 0.05) is 16.7 Å². The van der Waals surface area contributed by atoms with Crippen LogP contribution in [0, 0.1) is 0 Å². The molecule has 0 aliphatic carbocycles. The molecule has 0 saturated heterocycles. The van der Waals surface area contributed by atoms with Crippen molar-refractivity contribution in [3.05, 3.63) is 27.2 Å². The first-order valence-electron chi connectivity index (χ1n) is 3.50. The van der Waals surface area contributed by atoms with E-state index in [4.69, 9.17) is 11.6 Å². The lowest BCUT2D eigenvalue weighted by atomic mass is 10.2. The van der Waals surface area contributed by atoms with E-state index in [1.807, 2.05) is 6.07 Å². The Morgan fingerprint density at radius 1 is 1.45 bits per heavy atom. The normalized spacial score (nSPS) is 14.4. The van der Waals surface area contributed by atoms with E-state index in [2.05, 4.69) is 27.3 Å². The second-order valence-electron chi connectivity index (χ2n) is 2.56. The molecule has 0 amide bonds. The fraction of sp³-hybridized carbons (Fsp3) is 0.250. The number of rotatable bonds is 0. The molecule has 0 bridgehead atoms. The van der Waals surface area contributed by atoms with Crippen LogP contribution in [0.5, 0.6) is 0 Å². The average molecular weight is 233 g/mol. The number of benzene rings is 1. The zero-order valence-corrected chi connectivity index (χ0v) is 8.17. The fourth-order valence-corrected chi connectivity index (χ4v) is 1.96. The number of halogens is 2. The Morgan fingerprint density at radius 3 is 3.09 bits per heavy atom. The van der Waals surface area contributed by atoms with Crippen molar-refractivity contribution in [2.24, 2.45) is 0 Å². The van der Waals surface area contributed by atoms with Gasteiger partial charge >= 0.3 is 0 Å². The lowest BCUT2D eigenvalue weighted by Crippen LogP contribution is -1.90. The highest BCUT2D eigenvalue weighted by atomic mass is 79.9. The fourth-order valence-electron chi connectivity index (χ4n) is 1.32. The van der Waals surface area contributed by atoms with Gasteiger partial charge in [0.05, 0.1) is 5.02 Å². The van der Waals surface area contributed by atoms with Gasteiger partial charge in [-0.05, 0) is 40.0 Å². The molecule has 0 saturated carbocycles. The van der Waals surface area contributed by atoms with E-state index in [9.17, 15) is 0 Å². The highest BCUT2D eigenvalue weighted by Gasteiger charge is 2.14. The Balaban J connectivity index is 2.62. The SMILES string of the molecule is Clc1c(Br)ccc2c1CCN2. The smallest absolute Gasteiger partial charge is 0.0601 e. The molecule has 3 heteroatoms. The van der Waals surface area contributed by atoms with E-state index in [-0.39, 0.29) is 0 Å². The summed E-state index contributed by atoms with van der Waals surface area (Å²) < 4.78 is 0.988. The lowest BCUT2D eigenvalue weighted by Gasteiger charge is -2.02. The largest absolute Gasteiger partial charge is 0.384 e.